The molecule has 1 aliphatic heterocycles. The number of nitro groups is 1. The molecular formula is C21H27N3O4S. The van der Waals surface area contributed by atoms with Crippen LogP contribution in [0, 0.1) is 10.1 Å². The van der Waals surface area contributed by atoms with Gasteiger partial charge in [-0.15, -0.1) is 0 Å². The first kappa shape index (κ1) is 21.3. The first-order chi connectivity index (χ1) is 13.9. The summed E-state index contributed by atoms with van der Waals surface area (Å²) in [6.45, 7) is 3.41. The fraction of sp³-hybridized carbons (Fsp3) is 0.429. The molecule has 3 rings (SSSR count). The van der Waals surface area contributed by atoms with Crippen molar-refractivity contribution in [2.24, 2.45) is 0 Å². The van der Waals surface area contributed by atoms with Gasteiger partial charge in [-0.2, -0.15) is 0 Å². The highest BCUT2D eigenvalue weighted by atomic mass is 32.2. The lowest BCUT2D eigenvalue weighted by Crippen LogP contribution is -2.24. The molecule has 1 aliphatic rings. The normalized spacial score (nSPS) is 15.6. The van der Waals surface area contributed by atoms with Crippen LogP contribution in [0.5, 0.6) is 0 Å². The Morgan fingerprint density at radius 1 is 1.00 bits per heavy atom. The van der Waals surface area contributed by atoms with Crippen molar-refractivity contribution < 1.29 is 13.3 Å². The molecule has 7 nitrogen and oxygen atoms in total. The second-order valence-corrected chi connectivity index (χ2v) is 9.48. The van der Waals surface area contributed by atoms with Gasteiger partial charge in [-0.25, -0.2) is 8.42 Å². The van der Waals surface area contributed by atoms with Crippen LogP contribution in [0.15, 0.2) is 47.4 Å². The summed E-state index contributed by atoms with van der Waals surface area (Å²) in [5.41, 5.74) is 2.04. The van der Waals surface area contributed by atoms with E-state index in [9.17, 15) is 18.5 Å². The van der Waals surface area contributed by atoms with Crippen molar-refractivity contribution in [3.63, 3.8) is 0 Å². The molecule has 0 aliphatic carbocycles. The number of likely N-dealkylation sites (tertiary alicyclic amines) is 1. The van der Waals surface area contributed by atoms with Gasteiger partial charge in [0.05, 0.1) is 4.92 Å². The molecule has 29 heavy (non-hydrogen) atoms. The molecule has 8 heteroatoms. The second kappa shape index (κ2) is 9.37. The van der Waals surface area contributed by atoms with Crippen molar-refractivity contribution in [1.82, 2.24) is 4.90 Å². The van der Waals surface area contributed by atoms with Gasteiger partial charge in [0.1, 0.15) is 10.6 Å². The Hall–Kier alpha value is -2.45. The van der Waals surface area contributed by atoms with Crippen molar-refractivity contribution in [2.45, 2.75) is 43.7 Å². The maximum Gasteiger partial charge on any atom is 0.310 e. The Kier molecular flexibility index (Phi) is 6.87. The standard InChI is InChI=1S/C21H27N3O4S/c1-29(27,28)20-12-8-11-19(21(20)24(25)26)22-15-17-9-4-5-10-18(17)16-23-13-6-2-3-7-14-23/h4-5,8-12,22H,2-3,6-7,13-16H2,1H3. The summed E-state index contributed by atoms with van der Waals surface area (Å²) in [5, 5.41) is 14.6. The van der Waals surface area contributed by atoms with E-state index in [4.69, 9.17) is 0 Å². The highest BCUT2D eigenvalue weighted by Crippen LogP contribution is 2.32. The summed E-state index contributed by atoms with van der Waals surface area (Å²) >= 11 is 0. The molecule has 0 unspecified atom stereocenters. The predicted molar refractivity (Wildman–Crippen MR) is 114 cm³/mol. The zero-order chi connectivity index (χ0) is 20.9. The molecule has 1 N–H and O–H groups in total. The number of nitrogens with zero attached hydrogens (tertiary/aromatic N) is 2. The third kappa shape index (κ3) is 5.55. The molecule has 0 aromatic heterocycles. The summed E-state index contributed by atoms with van der Waals surface area (Å²) in [7, 11) is -3.70. The topological polar surface area (TPSA) is 92.6 Å². The average molecular weight is 418 g/mol. The Bertz CT molecular complexity index is 968. The van der Waals surface area contributed by atoms with E-state index >= 15 is 0 Å². The van der Waals surface area contributed by atoms with E-state index < -0.39 is 20.4 Å². The Morgan fingerprint density at radius 3 is 2.28 bits per heavy atom. The molecule has 2 aromatic carbocycles. The molecular weight excluding hydrogens is 390 g/mol. The second-order valence-electron chi connectivity index (χ2n) is 7.49. The van der Waals surface area contributed by atoms with Gasteiger partial charge in [0.15, 0.2) is 9.84 Å². The SMILES string of the molecule is CS(=O)(=O)c1cccc(NCc2ccccc2CN2CCCCCC2)c1[N+](=O)[O-]. The number of nitro benzene ring substituents is 1. The fourth-order valence-electron chi connectivity index (χ4n) is 3.76. The number of benzene rings is 2. The zero-order valence-corrected chi connectivity index (χ0v) is 17.5. The van der Waals surface area contributed by atoms with Gasteiger partial charge < -0.3 is 5.32 Å². The van der Waals surface area contributed by atoms with E-state index in [1.165, 1.54) is 43.4 Å². The number of para-hydroxylation sites is 1. The maximum absolute atomic E-state index is 12.0. The van der Waals surface area contributed by atoms with Gasteiger partial charge in [0, 0.05) is 19.3 Å². The minimum Gasteiger partial charge on any atom is -0.375 e. The lowest BCUT2D eigenvalue weighted by atomic mass is 10.1. The van der Waals surface area contributed by atoms with Gasteiger partial charge in [-0.3, -0.25) is 15.0 Å². The summed E-state index contributed by atoms with van der Waals surface area (Å²) in [5.74, 6) is 0. The largest absolute Gasteiger partial charge is 0.375 e. The van der Waals surface area contributed by atoms with Gasteiger partial charge in [-0.1, -0.05) is 43.2 Å². The van der Waals surface area contributed by atoms with Crippen LogP contribution >= 0.6 is 0 Å². The van der Waals surface area contributed by atoms with E-state index in [1.54, 1.807) is 6.07 Å². The number of hydrogen-bond acceptors (Lipinski definition) is 6. The van der Waals surface area contributed by atoms with Gasteiger partial charge >= 0.3 is 5.69 Å². The quantitative estimate of drug-likeness (QED) is 0.541. The third-order valence-corrected chi connectivity index (χ3v) is 6.39. The molecule has 1 saturated heterocycles. The predicted octanol–water partition coefficient (Wildman–Crippen LogP) is 3.99. The van der Waals surface area contributed by atoms with Crippen molar-refractivity contribution in [1.29, 1.82) is 0 Å². The highest BCUT2D eigenvalue weighted by Gasteiger charge is 2.26. The van der Waals surface area contributed by atoms with Crippen molar-refractivity contribution in [3.8, 4) is 0 Å². The molecule has 2 aromatic rings. The van der Waals surface area contributed by atoms with Crippen molar-refractivity contribution in [2.75, 3.05) is 24.7 Å². The van der Waals surface area contributed by atoms with Crippen molar-refractivity contribution in [3.05, 3.63) is 63.7 Å². The van der Waals surface area contributed by atoms with Crippen LogP contribution in [0.2, 0.25) is 0 Å². The smallest absolute Gasteiger partial charge is 0.310 e. The molecule has 0 amide bonds. The summed E-state index contributed by atoms with van der Waals surface area (Å²) in [6, 6.07) is 12.4. The van der Waals surface area contributed by atoms with Crippen LogP contribution < -0.4 is 5.32 Å². The molecule has 0 saturated carbocycles. The zero-order valence-electron chi connectivity index (χ0n) is 16.6. The number of anilines is 1. The monoisotopic (exact) mass is 417 g/mol. The number of rotatable bonds is 7. The van der Waals surface area contributed by atoms with E-state index in [1.807, 2.05) is 18.2 Å². The highest BCUT2D eigenvalue weighted by molar-refractivity contribution is 7.90. The van der Waals surface area contributed by atoms with Crippen LogP contribution in [0.1, 0.15) is 36.8 Å². The van der Waals surface area contributed by atoms with Crippen LogP contribution in [0.4, 0.5) is 11.4 Å². The third-order valence-electron chi connectivity index (χ3n) is 5.26. The summed E-state index contributed by atoms with van der Waals surface area (Å²) in [6.07, 6.45) is 5.96. The van der Waals surface area contributed by atoms with Crippen LogP contribution in [-0.4, -0.2) is 37.6 Å². The van der Waals surface area contributed by atoms with Crippen LogP contribution in [-0.2, 0) is 22.9 Å². The molecule has 1 heterocycles. The molecule has 0 radical (unpaired) electrons. The lowest BCUT2D eigenvalue weighted by molar-refractivity contribution is -0.386. The fourth-order valence-corrected chi connectivity index (χ4v) is 4.62. The van der Waals surface area contributed by atoms with E-state index in [-0.39, 0.29) is 10.6 Å². The molecule has 0 spiro atoms. The van der Waals surface area contributed by atoms with Crippen molar-refractivity contribution >= 4 is 21.2 Å². The molecule has 0 bridgehead atoms. The minimum absolute atomic E-state index is 0.211. The van der Waals surface area contributed by atoms with E-state index in [0.29, 0.717) is 6.54 Å². The molecule has 156 valence electrons. The number of nitrogens with one attached hydrogen (secondary N) is 1. The van der Waals surface area contributed by atoms with Crippen LogP contribution in [0.3, 0.4) is 0 Å². The Balaban J connectivity index is 1.81. The molecule has 0 atom stereocenters. The van der Waals surface area contributed by atoms with Gasteiger partial charge in [0.2, 0.25) is 0 Å². The van der Waals surface area contributed by atoms with Crippen LogP contribution in [0.25, 0.3) is 0 Å². The number of hydrogen-bond donors (Lipinski definition) is 1. The summed E-state index contributed by atoms with van der Waals surface area (Å²) < 4.78 is 23.9. The first-order valence-electron chi connectivity index (χ1n) is 9.87. The first-order valence-corrected chi connectivity index (χ1v) is 11.8. The lowest BCUT2D eigenvalue weighted by Gasteiger charge is -2.22. The summed E-state index contributed by atoms with van der Waals surface area (Å²) in [4.78, 5) is 13.1. The van der Waals surface area contributed by atoms with Gasteiger partial charge in [-0.05, 0) is 49.2 Å². The van der Waals surface area contributed by atoms with E-state index in [2.05, 4.69) is 16.3 Å². The molecule has 1 fully saturated rings. The van der Waals surface area contributed by atoms with E-state index in [0.717, 1.165) is 31.5 Å². The average Bonchev–Trinajstić information content (AvgIpc) is 2.95. The van der Waals surface area contributed by atoms with Gasteiger partial charge in [0.25, 0.3) is 0 Å². The Labute approximate surface area is 171 Å². The Morgan fingerprint density at radius 2 is 1.66 bits per heavy atom. The minimum atomic E-state index is -3.70. The maximum atomic E-state index is 12.0. The number of sulfone groups is 1.